The molecule has 0 spiro atoms. The highest BCUT2D eigenvalue weighted by atomic mass is 19.1. The van der Waals surface area contributed by atoms with Gasteiger partial charge >= 0.3 is 5.97 Å². The van der Waals surface area contributed by atoms with Crippen LogP contribution in [0.1, 0.15) is 30.0 Å². The Bertz CT molecular complexity index is 859. The Balaban J connectivity index is 2.07. The lowest BCUT2D eigenvalue weighted by atomic mass is 10.0. The van der Waals surface area contributed by atoms with Gasteiger partial charge in [0.2, 0.25) is 11.9 Å². The van der Waals surface area contributed by atoms with Gasteiger partial charge in [0.05, 0.1) is 5.56 Å². The summed E-state index contributed by atoms with van der Waals surface area (Å²) >= 11 is 0. The minimum atomic E-state index is -0.973. The van der Waals surface area contributed by atoms with E-state index in [1.807, 2.05) is 0 Å². The first-order chi connectivity index (χ1) is 13.2. The lowest BCUT2D eigenvalue weighted by molar-refractivity contribution is -0.148. The molecule has 1 amide bonds. The number of nitrogens with zero attached hydrogens (tertiary/aromatic N) is 4. The van der Waals surface area contributed by atoms with Gasteiger partial charge in [-0.15, -0.1) is 0 Å². The molecule has 0 saturated carbocycles. The van der Waals surface area contributed by atoms with E-state index < -0.39 is 23.7 Å². The standard InChI is InChI=1S/C18H23FN6O3/c1-10(2)14(23-15(26)11-7-5-6-8-12(11)19)16(27)28-9-13-21-17(20)24-18(22-13)25(3)4/h5-8,10,14H,9H2,1-4H3,(H,23,26)(H2,20,21,22,24)/t14-/m0/s1. The van der Waals surface area contributed by atoms with Gasteiger partial charge in [0.25, 0.3) is 5.91 Å². The quantitative estimate of drug-likeness (QED) is 0.675. The number of benzene rings is 1. The van der Waals surface area contributed by atoms with Gasteiger partial charge in [0.15, 0.2) is 12.4 Å². The number of esters is 1. The number of aromatic nitrogens is 3. The molecule has 28 heavy (non-hydrogen) atoms. The number of amides is 1. The molecule has 1 heterocycles. The second-order valence-electron chi connectivity index (χ2n) is 6.59. The van der Waals surface area contributed by atoms with Crippen molar-refractivity contribution in [2.75, 3.05) is 24.7 Å². The van der Waals surface area contributed by atoms with Gasteiger partial charge in [-0.2, -0.15) is 15.0 Å². The summed E-state index contributed by atoms with van der Waals surface area (Å²) in [6, 6.07) is 4.55. The highest BCUT2D eigenvalue weighted by Gasteiger charge is 2.27. The number of nitrogen functional groups attached to an aromatic ring is 1. The molecule has 0 radical (unpaired) electrons. The summed E-state index contributed by atoms with van der Waals surface area (Å²) in [5, 5.41) is 2.51. The van der Waals surface area contributed by atoms with Gasteiger partial charge in [0.1, 0.15) is 11.9 Å². The van der Waals surface area contributed by atoms with Crippen molar-refractivity contribution in [2.45, 2.75) is 26.5 Å². The number of hydrogen-bond donors (Lipinski definition) is 2. The number of ether oxygens (including phenoxy) is 1. The van der Waals surface area contributed by atoms with Crippen molar-refractivity contribution < 1.29 is 18.7 Å². The van der Waals surface area contributed by atoms with E-state index in [0.717, 1.165) is 0 Å². The van der Waals surface area contributed by atoms with Gasteiger partial charge in [-0.25, -0.2) is 9.18 Å². The first kappa shape index (κ1) is 21.0. The maximum Gasteiger partial charge on any atom is 0.329 e. The zero-order valence-corrected chi connectivity index (χ0v) is 16.1. The summed E-state index contributed by atoms with van der Waals surface area (Å²) in [7, 11) is 3.47. The molecular formula is C18H23FN6O3. The fraction of sp³-hybridized carbons (Fsp3) is 0.389. The average molecular weight is 390 g/mol. The predicted octanol–water partition coefficient (Wildman–Crippen LogP) is 1.16. The Labute approximate surface area is 162 Å². The van der Waals surface area contributed by atoms with Gasteiger partial charge in [-0.1, -0.05) is 26.0 Å². The Morgan fingerprint density at radius 2 is 1.89 bits per heavy atom. The van der Waals surface area contributed by atoms with Crippen molar-refractivity contribution in [1.29, 1.82) is 0 Å². The Morgan fingerprint density at radius 1 is 1.21 bits per heavy atom. The third-order valence-electron chi connectivity index (χ3n) is 3.76. The summed E-state index contributed by atoms with van der Waals surface area (Å²) in [5.74, 6) is -1.85. The van der Waals surface area contributed by atoms with E-state index >= 15 is 0 Å². The van der Waals surface area contributed by atoms with Crippen molar-refractivity contribution >= 4 is 23.8 Å². The second-order valence-corrected chi connectivity index (χ2v) is 6.59. The van der Waals surface area contributed by atoms with E-state index in [4.69, 9.17) is 10.5 Å². The number of nitrogens with one attached hydrogen (secondary N) is 1. The number of anilines is 2. The lowest BCUT2D eigenvalue weighted by Gasteiger charge is -2.21. The molecule has 9 nitrogen and oxygen atoms in total. The van der Waals surface area contributed by atoms with Crippen molar-refractivity contribution in [3.63, 3.8) is 0 Å². The van der Waals surface area contributed by atoms with Gasteiger partial charge in [0, 0.05) is 14.1 Å². The van der Waals surface area contributed by atoms with Gasteiger partial charge < -0.3 is 20.7 Å². The number of carbonyl (C=O) groups is 2. The molecule has 0 aliphatic heterocycles. The Morgan fingerprint density at radius 3 is 2.50 bits per heavy atom. The molecule has 1 aromatic carbocycles. The second kappa shape index (κ2) is 9.07. The van der Waals surface area contributed by atoms with E-state index in [0.29, 0.717) is 5.95 Å². The number of halogens is 1. The average Bonchev–Trinajstić information content (AvgIpc) is 2.63. The first-order valence-corrected chi connectivity index (χ1v) is 8.58. The summed E-state index contributed by atoms with van der Waals surface area (Å²) in [4.78, 5) is 38.4. The number of hydrogen-bond acceptors (Lipinski definition) is 8. The van der Waals surface area contributed by atoms with Crippen LogP contribution in [0.25, 0.3) is 0 Å². The smallest absolute Gasteiger partial charge is 0.329 e. The van der Waals surface area contributed by atoms with Gasteiger partial charge in [-0.3, -0.25) is 4.79 Å². The van der Waals surface area contributed by atoms with E-state index in [2.05, 4.69) is 20.3 Å². The minimum absolute atomic E-state index is 0.00184. The van der Waals surface area contributed by atoms with Crippen LogP contribution in [0.4, 0.5) is 16.3 Å². The molecule has 10 heteroatoms. The maximum absolute atomic E-state index is 13.8. The van der Waals surface area contributed by atoms with Crippen LogP contribution in [0.3, 0.4) is 0 Å². The predicted molar refractivity (Wildman–Crippen MR) is 101 cm³/mol. The van der Waals surface area contributed by atoms with E-state index in [1.54, 1.807) is 32.8 Å². The molecule has 0 bridgehead atoms. The molecule has 2 rings (SSSR count). The van der Waals surface area contributed by atoms with Gasteiger partial charge in [-0.05, 0) is 18.1 Å². The van der Waals surface area contributed by atoms with Crippen LogP contribution >= 0.6 is 0 Å². The molecule has 3 N–H and O–H groups in total. The number of nitrogens with two attached hydrogens (primary N) is 1. The zero-order chi connectivity index (χ0) is 20.8. The van der Waals surface area contributed by atoms with Crippen LogP contribution in [0.15, 0.2) is 24.3 Å². The summed E-state index contributed by atoms with van der Waals surface area (Å²) < 4.78 is 19.0. The Hall–Kier alpha value is -3.30. The minimum Gasteiger partial charge on any atom is -0.456 e. The summed E-state index contributed by atoms with van der Waals surface area (Å²) in [6.07, 6.45) is 0. The lowest BCUT2D eigenvalue weighted by Crippen LogP contribution is -2.45. The third kappa shape index (κ3) is 5.35. The molecule has 0 aliphatic carbocycles. The van der Waals surface area contributed by atoms with Crippen molar-refractivity contribution in [3.05, 3.63) is 41.5 Å². The van der Waals surface area contributed by atoms with Crippen LogP contribution in [0, 0.1) is 11.7 Å². The van der Waals surface area contributed by atoms with Crippen LogP contribution < -0.4 is 16.0 Å². The molecule has 1 aromatic heterocycles. The first-order valence-electron chi connectivity index (χ1n) is 8.58. The van der Waals surface area contributed by atoms with Crippen molar-refractivity contribution in [1.82, 2.24) is 20.3 Å². The molecule has 0 aliphatic rings. The van der Waals surface area contributed by atoms with Crippen molar-refractivity contribution in [3.8, 4) is 0 Å². The van der Waals surface area contributed by atoms with Crippen LogP contribution in [-0.2, 0) is 16.1 Å². The molecule has 0 fully saturated rings. The maximum atomic E-state index is 13.8. The van der Waals surface area contributed by atoms with E-state index in [-0.39, 0.29) is 29.9 Å². The summed E-state index contributed by atoms with van der Waals surface area (Å²) in [6.45, 7) is 3.22. The fourth-order valence-electron chi connectivity index (χ4n) is 2.28. The monoisotopic (exact) mass is 390 g/mol. The molecule has 150 valence electrons. The Kier molecular flexibility index (Phi) is 6.80. The van der Waals surface area contributed by atoms with Crippen LogP contribution in [0.5, 0.6) is 0 Å². The summed E-state index contributed by atoms with van der Waals surface area (Å²) in [5.41, 5.74) is 5.48. The van der Waals surface area contributed by atoms with Crippen molar-refractivity contribution in [2.24, 2.45) is 5.92 Å². The molecular weight excluding hydrogens is 367 g/mol. The SMILES string of the molecule is CC(C)[C@H](NC(=O)c1ccccc1F)C(=O)OCc1nc(N)nc(N(C)C)n1. The molecule has 0 unspecified atom stereocenters. The topological polar surface area (TPSA) is 123 Å². The van der Waals surface area contributed by atoms with E-state index in [1.165, 1.54) is 24.3 Å². The highest BCUT2D eigenvalue weighted by molar-refractivity contribution is 5.97. The number of carbonyl (C=O) groups excluding carboxylic acids is 2. The number of rotatable bonds is 7. The molecule has 1 atom stereocenters. The van der Waals surface area contributed by atoms with E-state index in [9.17, 15) is 14.0 Å². The third-order valence-corrected chi connectivity index (χ3v) is 3.76. The largest absolute Gasteiger partial charge is 0.456 e. The molecule has 0 saturated heterocycles. The fourth-order valence-corrected chi connectivity index (χ4v) is 2.28. The normalized spacial score (nSPS) is 11.8. The van der Waals surface area contributed by atoms with Crippen LogP contribution in [-0.4, -0.2) is 47.0 Å². The molecule has 2 aromatic rings. The van der Waals surface area contributed by atoms with Crippen LogP contribution in [0.2, 0.25) is 0 Å². The highest BCUT2D eigenvalue weighted by Crippen LogP contribution is 2.11. The zero-order valence-electron chi connectivity index (χ0n) is 16.1.